The Morgan fingerprint density at radius 1 is 1.40 bits per heavy atom. The maximum atomic E-state index is 10.9. The first-order valence-electron chi connectivity index (χ1n) is 6.29. The second-order valence-electron chi connectivity index (χ2n) is 4.17. The summed E-state index contributed by atoms with van der Waals surface area (Å²) in [6, 6.07) is 9.63. The lowest BCUT2D eigenvalue weighted by Gasteiger charge is -2.06. The van der Waals surface area contributed by atoms with Gasteiger partial charge < -0.3 is 15.2 Å². The van der Waals surface area contributed by atoms with Gasteiger partial charge in [-0.05, 0) is 25.5 Å². The van der Waals surface area contributed by atoms with Gasteiger partial charge in [0.1, 0.15) is 5.75 Å². The Kier molecular flexibility index (Phi) is 4.95. The zero-order chi connectivity index (χ0) is 14.4. The number of benzene rings is 1. The first-order valence-corrected chi connectivity index (χ1v) is 7.11. The molecule has 5 nitrogen and oxygen atoms in total. The quantitative estimate of drug-likeness (QED) is 0.767. The molecular weight excluding hydrogens is 276 g/mol. The van der Waals surface area contributed by atoms with Crippen molar-refractivity contribution in [1.82, 2.24) is 4.98 Å². The van der Waals surface area contributed by atoms with Crippen LogP contribution in [-0.2, 0) is 0 Å². The van der Waals surface area contributed by atoms with Gasteiger partial charge in [0.15, 0.2) is 10.8 Å². The predicted molar refractivity (Wildman–Crippen MR) is 78.9 cm³/mol. The molecule has 1 heterocycles. The maximum Gasteiger partial charge on any atom is 0.355 e. The fourth-order valence-electron chi connectivity index (χ4n) is 1.64. The fraction of sp³-hybridized carbons (Fsp3) is 0.286. The van der Waals surface area contributed by atoms with Gasteiger partial charge in [-0.1, -0.05) is 18.2 Å². The van der Waals surface area contributed by atoms with Crippen molar-refractivity contribution in [3.63, 3.8) is 0 Å². The molecule has 1 aromatic carbocycles. The van der Waals surface area contributed by atoms with Crippen molar-refractivity contribution in [2.45, 2.75) is 13.3 Å². The van der Waals surface area contributed by atoms with E-state index >= 15 is 0 Å². The van der Waals surface area contributed by atoms with Crippen molar-refractivity contribution in [1.29, 1.82) is 0 Å². The molecule has 0 aliphatic carbocycles. The van der Waals surface area contributed by atoms with E-state index in [0.29, 0.717) is 23.2 Å². The van der Waals surface area contributed by atoms with E-state index in [2.05, 4.69) is 10.3 Å². The largest absolute Gasteiger partial charge is 0.494 e. The molecule has 0 unspecified atom stereocenters. The number of rotatable bonds is 7. The number of aromatic nitrogens is 1. The lowest BCUT2D eigenvalue weighted by molar-refractivity contribution is 0.0690. The molecule has 0 aliphatic heterocycles. The molecule has 0 bridgehead atoms. The Morgan fingerprint density at radius 3 is 2.80 bits per heavy atom. The molecule has 0 saturated heterocycles. The third kappa shape index (κ3) is 3.96. The van der Waals surface area contributed by atoms with Gasteiger partial charge in [-0.15, -0.1) is 11.3 Å². The van der Waals surface area contributed by atoms with Crippen LogP contribution < -0.4 is 10.1 Å². The van der Waals surface area contributed by atoms with Crippen LogP contribution in [0.15, 0.2) is 30.3 Å². The van der Waals surface area contributed by atoms with E-state index in [9.17, 15) is 4.79 Å². The number of carboxylic acid groups (broad SMARTS) is 1. The summed E-state index contributed by atoms with van der Waals surface area (Å²) in [5.41, 5.74) is 0.123. The Bertz CT molecular complexity index is 569. The maximum absolute atomic E-state index is 10.9. The van der Waals surface area contributed by atoms with Crippen LogP contribution >= 0.6 is 11.3 Å². The molecular formula is C14H16N2O3S. The minimum absolute atomic E-state index is 0.123. The molecule has 0 amide bonds. The first kappa shape index (κ1) is 14.3. The average molecular weight is 292 g/mol. The molecule has 1 aromatic heterocycles. The highest BCUT2D eigenvalue weighted by Gasteiger charge is 2.13. The molecule has 2 N–H and O–H groups in total. The second kappa shape index (κ2) is 6.91. The number of nitrogens with one attached hydrogen (secondary N) is 1. The topological polar surface area (TPSA) is 71.5 Å². The number of hydrogen-bond donors (Lipinski definition) is 2. The SMILES string of the molecule is Cc1sc(NCCCOc2ccccc2)nc1C(=O)O. The van der Waals surface area contributed by atoms with E-state index in [1.165, 1.54) is 11.3 Å². The number of carbonyl (C=O) groups is 1. The number of carboxylic acids is 1. The predicted octanol–water partition coefficient (Wildman–Crippen LogP) is 3.03. The van der Waals surface area contributed by atoms with Gasteiger partial charge in [-0.25, -0.2) is 9.78 Å². The Morgan fingerprint density at radius 2 is 2.15 bits per heavy atom. The molecule has 0 atom stereocenters. The molecule has 20 heavy (non-hydrogen) atoms. The van der Waals surface area contributed by atoms with Crippen molar-refractivity contribution in [2.24, 2.45) is 0 Å². The lowest BCUT2D eigenvalue weighted by atomic mass is 10.3. The molecule has 106 valence electrons. The highest BCUT2D eigenvalue weighted by atomic mass is 32.1. The highest BCUT2D eigenvalue weighted by molar-refractivity contribution is 7.15. The van der Waals surface area contributed by atoms with E-state index in [1.807, 2.05) is 30.3 Å². The zero-order valence-corrected chi connectivity index (χ0v) is 11.9. The number of anilines is 1. The lowest BCUT2D eigenvalue weighted by Crippen LogP contribution is -2.07. The Hall–Kier alpha value is -2.08. The standard InChI is InChI=1S/C14H16N2O3S/c1-10-12(13(17)18)16-14(20-10)15-8-5-9-19-11-6-3-2-4-7-11/h2-4,6-7H,5,8-9H2,1H3,(H,15,16)(H,17,18). The smallest absolute Gasteiger partial charge is 0.355 e. The number of thiazole rings is 1. The van der Waals surface area contributed by atoms with Gasteiger partial charge in [0, 0.05) is 11.4 Å². The van der Waals surface area contributed by atoms with Crippen LogP contribution in [-0.4, -0.2) is 29.2 Å². The van der Waals surface area contributed by atoms with Crippen LogP contribution in [0.4, 0.5) is 5.13 Å². The number of ether oxygens (including phenoxy) is 1. The molecule has 2 aromatic rings. The van der Waals surface area contributed by atoms with Crippen LogP contribution in [0, 0.1) is 6.92 Å². The molecule has 0 saturated carbocycles. The number of aryl methyl sites for hydroxylation is 1. The summed E-state index contributed by atoms with van der Waals surface area (Å²) in [5.74, 6) is -0.134. The van der Waals surface area contributed by atoms with Crippen LogP contribution in [0.5, 0.6) is 5.75 Å². The summed E-state index contributed by atoms with van der Waals surface area (Å²) in [6.45, 7) is 3.05. The molecule has 0 spiro atoms. The summed E-state index contributed by atoms with van der Waals surface area (Å²) in [4.78, 5) is 15.6. The van der Waals surface area contributed by atoms with Gasteiger partial charge in [-0.3, -0.25) is 0 Å². The minimum atomic E-state index is -0.987. The summed E-state index contributed by atoms with van der Waals surface area (Å²) in [5, 5.41) is 12.7. The minimum Gasteiger partial charge on any atom is -0.494 e. The summed E-state index contributed by atoms with van der Waals surface area (Å²) >= 11 is 1.35. The Balaban J connectivity index is 1.71. The number of aromatic carboxylic acids is 1. The van der Waals surface area contributed by atoms with Crippen molar-refractivity contribution in [3.05, 3.63) is 40.9 Å². The van der Waals surface area contributed by atoms with E-state index < -0.39 is 5.97 Å². The highest BCUT2D eigenvalue weighted by Crippen LogP contribution is 2.21. The average Bonchev–Trinajstić information content (AvgIpc) is 2.81. The van der Waals surface area contributed by atoms with Crippen molar-refractivity contribution in [2.75, 3.05) is 18.5 Å². The zero-order valence-electron chi connectivity index (χ0n) is 11.1. The fourth-order valence-corrected chi connectivity index (χ4v) is 2.48. The van der Waals surface area contributed by atoms with Gasteiger partial charge >= 0.3 is 5.97 Å². The second-order valence-corrected chi connectivity index (χ2v) is 5.37. The molecule has 0 aliphatic rings. The normalized spacial score (nSPS) is 10.2. The van der Waals surface area contributed by atoms with Gasteiger partial charge in [0.2, 0.25) is 0 Å². The van der Waals surface area contributed by atoms with Crippen molar-refractivity contribution < 1.29 is 14.6 Å². The van der Waals surface area contributed by atoms with Crippen LogP contribution in [0.1, 0.15) is 21.8 Å². The van der Waals surface area contributed by atoms with E-state index in [0.717, 1.165) is 12.2 Å². The molecule has 0 radical (unpaired) electrons. The van der Waals surface area contributed by atoms with Crippen LogP contribution in [0.25, 0.3) is 0 Å². The van der Waals surface area contributed by atoms with Crippen LogP contribution in [0.2, 0.25) is 0 Å². The van der Waals surface area contributed by atoms with E-state index in [-0.39, 0.29) is 5.69 Å². The van der Waals surface area contributed by atoms with Gasteiger partial charge in [0.25, 0.3) is 0 Å². The third-order valence-corrected chi connectivity index (χ3v) is 3.54. The van der Waals surface area contributed by atoms with Crippen molar-refractivity contribution in [3.8, 4) is 5.75 Å². The molecule has 0 fully saturated rings. The summed E-state index contributed by atoms with van der Waals surface area (Å²) in [7, 11) is 0. The number of nitrogens with zero attached hydrogens (tertiary/aromatic N) is 1. The van der Waals surface area contributed by atoms with Crippen LogP contribution in [0.3, 0.4) is 0 Å². The monoisotopic (exact) mass is 292 g/mol. The third-order valence-electron chi connectivity index (χ3n) is 2.61. The van der Waals surface area contributed by atoms with E-state index in [1.54, 1.807) is 6.92 Å². The van der Waals surface area contributed by atoms with Gasteiger partial charge in [0.05, 0.1) is 6.61 Å². The van der Waals surface area contributed by atoms with Crippen molar-refractivity contribution >= 4 is 22.4 Å². The summed E-state index contributed by atoms with van der Waals surface area (Å²) < 4.78 is 5.56. The Labute approximate surface area is 121 Å². The molecule has 6 heteroatoms. The number of para-hydroxylation sites is 1. The summed E-state index contributed by atoms with van der Waals surface area (Å²) in [6.07, 6.45) is 0.815. The van der Waals surface area contributed by atoms with Gasteiger partial charge in [-0.2, -0.15) is 0 Å². The molecule has 2 rings (SSSR count). The van der Waals surface area contributed by atoms with E-state index in [4.69, 9.17) is 9.84 Å². The first-order chi connectivity index (χ1) is 9.66. The number of hydrogen-bond acceptors (Lipinski definition) is 5.